The second-order valence-electron chi connectivity index (χ2n) is 5.59. The number of benzene rings is 1. The zero-order chi connectivity index (χ0) is 15.5. The highest BCUT2D eigenvalue weighted by Crippen LogP contribution is 2.32. The van der Waals surface area contributed by atoms with Crippen molar-refractivity contribution in [3.05, 3.63) is 41.7 Å². The van der Waals surface area contributed by atoms with Crippen LogP contribution in [0.15, 0.2) is 30.6 Å². The van der Waals surface area contributed by atoms with Crippen LogP contribution in [-0.4, -0.2) is 34.3 Å². The number of aryl methyl sites for hydroxylation is 2. The lowest BCUT2D eigenvalue weighted by Gasteiger charge is -2.26. The summed E-state index contributed by atoms with van der Waals surface area (Å²) in [4.78, 5) is 13.7. The van der Waals surface area contributed by atoms with E-state index in [1.165, 1.54) is 16.0 Å². The third-order valence-electron chi connectivity index (χ3n) is 4.08. The molecule has 1 atom stereocenters. The van der Waals surface area contributed by atoms with E-state index >= 15 is 0 Å². The number of aromatic nitrogens is 3. The Morgan fingerprint density at radius 2 is 2.27 bits per heavy atom. The summed E-state index contributed by atoms with van der Waals surface area (Å²) < 4.78 is 7.58. The van der Waals surface area contributed by atoms with Crippen LogP contribution in [0, 0.1) is 0 Å². The lowest BCUT2D eigenvalue weighted by molar-refractivity contribution is -0.125. The van der Waals surface area contributed by atoms with E-state index in [0.29, 0.717) is 5.95 Å². The van der Waals surface area contributed by atoms with Gasteiger partial charge in [0.1, 0.15) is 12.9 Å². The fraction of sp³-hybridized carbons (Fsp3) is 0.438. The summed E-state index contributed by atoms with van der Waals surface area (Å²) in [6, 6.07) is 8.30. The predicted molar refractivity (Wildman–Crippen MR) is 82.5 cm³/mol. The van der Waals surface area contributed by atoms with Gasteiger partial charge in [-0.2, -0.15) is 0 Å². The number of carbonyl (C=O) groups is 1. The summed E-state index contributed by atoms with van der Waals surface area (Å²) in [5, 5.41) is 7.71. The van der Waals surface area contributed by atoms with Crippen molar-refractivity contribution in [2.24, 2.45) is 7.05 Å². The molecule has 0 radical (unpaired) electrons. The van der Waals surface area contributed by atoms with Crippen molar-refractivity contribution in [2.75, 3.05) is 18.6 Å². The molecule has 0 saturated heterocycles. The van der Waals surface area contributed by atoms with E-state index in [0.717, 1.165) is 19.3 Å². The fourth-order valence-corrected chi connectivity index (χ4v) is 2.84. The number of hydrogen-bond donors (Lipinski definition) is 0. The van der Waals surface area contributed by atoms with Crippen LogP contribution in [0.25, 0.3) is 0 Å². The van der Waals surface area contributed by atoms with Crippen LogP contribution in [0.3, 0.4) is 0 Å². The molecule has 0 fully saturated rings. The minimum Gasteiger partial charge on any atom is -0.364 e. The van der Waals surface area contributed by atoms with Gasteiger partial charge in [-0.05, 0) is 30.4 Å². The summed E-state index contributed by atoms with van der Waals surface area (Å²) in [6.07, 6.45) is 4.70. The van der Waals surface area contributed by atoms with Crippen molar-refractivity contribution in [1.29, 1.82) is 0 Å². The van der Waals surface area contributed by atoms with E-state index in [1.807, 2.05) is 12.1 Å². The first-order valence-corrected chi connectivity index (χ1v) is 7.47. The van der Waals surface area contributed by atoms with Crippen LogP contribution >= 0.6 is 0 Å². The van der Waals surface area contributed by atoms with E-state index < -0.39 is 0 Å². The van der Waals surface area contributed by atoms with Gasteiger partial charge in [0.15, 0.2) is 0 Å². The van der Waals surface area contributed by atoms with Gasteiger partial charge in [-0.15, -0.1) is 10.2 Å². The highest BCUT2D eigenvalue weighted by atomic mass is 16.5. The van der Waals surface area contributed by atoms with Gasteiger partial charge in [-0.3, -0.25) is 9.69 Å². The third kappa shape index (κ3) is 2.87. The second kappa shape index (κ2) is 6.27. The Kier molecular flexibility index (Phi) is 4.20. The average molecular weight is 300 g/mol. The van der Waals surface area contributed by atoms with E-state index in [-0.39, 0.29) is 18.6 Å². The Morgan fingerprint density at radius 3 is 3.05 bits per heavy atom. The molecule has 1 aromatic heterocycles. The number of likely N-dealkylation sites (N-methyl/N-ethyl adjacent to an activating group) is 1. The topological polar surface area (TPSA) is 60.3 Å². The Hall–Kier alpha value is -2.21. The molecule has 0 bridgehead atoms. The fourth-order valence-electron chi connectivity index (χ4n) is 2.84. The maximum Gasteiger partial charge on any atom is 0.255 e. The standard InChI is InChI=1S/C16H20N4O2/c1-19-11-17-18-16(19)20(2)15(21)10-22-14-9-5-7-12-6-3-4-8-13(12)14/h3-4,6,8,11,14H,5,7,9-10H2,1-2H3. The number of ether oxygens (including phenoxy) is 1. The van der Waals surface area contributed by atoms with E-state index in [1.54, 1.807) is 25.0 Å². The summed E-state index contributed by atoms with van der Waals surface area (Å²) >= 11 is 0. The van der Waals surface area contributed by atoms with Crippen molar-refractivity contribution in [3.8, 4) is 0 Å². The SMILES string of the molecule is CN(C(=O)COC1CCCc2ccccc21)c1nncn1C. The zero-order valence-electron chi connectivity index (χ0n) is 12.9. The number of carbonyl (C=O) groups excluding carboxylic acids is 1. The number of nitrogens with zero attached hydrogens (tertiary/aromatic N) is 4. The molecule has 1 unspecified atom stereocenters. The quantitative estimate of drug-likeness (QED) is 0.865. The van der Waals surface area contributed by atoms with Crippen LogP contribution in [0.4, 0.5) is 5.95 Å². The summed E-state index contributed by atoms with van der Waals surface area (Å²) in [5.74, 6) is 0.386. The van der Waals surface area contributed by atoms with Crippen molar-refractivity contribution >= 4 is 11.9 Å². The molecule has 1 amide bonds. The summed E-state index contributed by atoms with van der Waals surface area (Å²) in [5.41, 5.74) is 2.54. The van der Waals surface area contributed by atoms with E-state index in [2.05, 4.69) is 22.3 Å². The first kappa shape index (κ1) is 14.7. The molecule has 3 rings (SSSR count). The smallest absolute Gasteiger partial charge is 0.255 e. The van der Waals surface area contributed by atoms with Crippen molar-refractivity contribution in [1.82, 2.24) is 14.8 Å². The van der Waals surface area contributed by atoms with Gasteiger partial charge >= 0.3 is 0 Å². The minimum absolute atomic E-state index is 0.00166. The lowest BCUT2D eigenvalue weighted by Crippen LogP contribution is -2.33. The molecule has 1 aliphatic carbocycles. The largest absolute Gasteiger partial charge is 0.364 e. The minimum atomic E-state index is -0.126. The Bertz CT molecular complexity index is 668. The highest BCUT2D eigenvalue weighted by molar-refractivity contribution is 5.92. The van der Waals surface area contributed by atoms with Crippen LogP contribution in [0.5, 0.6) is 0 Å². The average Bonchev–Trinajstić information content (AvgIpc) is 2.97. The highest BCUT2D eigenvalue weighted by Gasteiger charge is 2.23. The molecule has 116 valence electrons. The molecule has 6 nitrogen and oxygen atoms in total. The summed E-state index contributed by atoms with van der Waals surface area (Å²) in [7, 11) is 3.49. The van der Waals surface area contributed by atoms with Crippen LogP contribution < -0.4 is 4.90 Å². The Balaban J connectivity index is 1.64. The van der Waals surface area contributed by atoms with Gasteiger partial charge in [0.2, 0.25) is 5.95 Å². The molecule has 0 N–H and O–H groups in total. The number of rotatable bonds is 4. The number of fused-ring (bicyclic) bond motifs is 1. The van der Waals surface area contributed by atoms with Crippen molar-refractivity contribution in [3.63, 3.8) is 0 Å². The van der Waals surface area contributed by atoms with Gasteiger partial charge in [0.25, 0.3) is 5.91 Å². The molecule has 1 aliphatic rings. The molecule has 1 aromatic carbocycles. The molecular weight excluding hydrogens is 280 g/mol. The van der Waals surface area contributed by atoms with Gasteiger partial charge < -0.3 is 9.30 Å². The molecule has 0 aliphatic heterocycles. The van der Waals surface area contributed by atoms with Crippen LogP contribution in [0.1, 0.15) is 30.1 Å². The zero-order valence-corrected chi connectivity index (χ0v) is 12.9. The molecule has 6 heteroatoms. The van der Waals surface area contributed by atoms with Gasteiger partial charge in [-0.25, -0.2) is 0 Å². The second-order valence-corrected chi connectivity index (χ2v) is 5.59. The molecule has 1 heterocycles. The number of hydrogen-bond acceptors (Lipinski definition) is 4. The summed E-state index contributed by atoms with van der Waals surface area (Å²) in [6.45, 7) is 0.0440. The van der Waals surface area contributed by atoms with Crippen LogP contribution in [0.2, 0.25) is 0 Å². The number of anilines is 1. The van der Waals surface area contributed by atoms with Crippen molar-refractivity contribution in [2.45, 2.75) is 25.4 Å². The van der Waals surface area contributed by atoms with Crippen molar-refractivity contribution < 1.29 is 9.53 Å². The third-order valence-corrected chi connectivity index (χ3v) is 4.08. The number of amides is 1. The van der Waals surface area contributed by atoms with Gasteiger partial charge in [0.05, 0.1) is 6.10 Å². The van der Waals surface area contributed by atoms with E-state index in [4.69, 9.17) is 4.74 Å². The Morgan fingerprint density at radius 1 is 1.45 bits per heavy atom. The monoisotopic (exact) mass is 300 g/mol. The maximum atomic E-state index is 12.3. The van der Waals surface area contributed by atoms with Crippen LogP contribution in [-0.2, 0) is 23.0 Å². The lowest BCUT2D eigenvalue weighted by atomic mass is 9.89. The van der Waals surface area contributed by atoms with Gasteiger partial charge in [0, 0.05) is 14.1 Å². The first-order chi connectivity index (χ1) is 10.7. The normalized spacial score (nSPS) is 17.1. The molecular formula is C16H20N4O2. The Labute approximate surface area is 129 Å². The van der Waals surface area contributed by atoms with Gasteiger partial charge in [-0.1, -0.05) is 24.3 Å². The molecule has 2 aromatic rings. The first-order valence-electron chi connectivity index (χ1n) is 7.47. The predicted octanol–water partition coefficient (Wildman–Crippen LogP) is 1.87. The molecule has 0 saturated carbocycles. The van der Waals surface area contributed by atoms with E-state index in [9.17, 15) is 4.79 Å². The molecule has 0 spiro atoms. The molecule has 22 heavy (non-hydrogen) atoms. The maximum absolute atomic E-state index is 12.3.